The van der Waals surface area contributed by atoms with Gasteiger partial charge in [-0.3, -0.25) is 4.90 Å². The third-order valence-corrected chi connectivity index (χ3v) is 6.95. The Morgan fingerprint density at radius 3 is 2.36 bits per heavy atom. The second kappa shape index (κ2) is 9.40. The molecule has 1 saturated heterocycles. The molecule has 33 heavy (non-hydrogen) atoms. The number of halogens is 3. The van der Waals surface area contributed by atoms with Crippen molar-refractivity contribution in [2.24, 2.45) is 0 Å². The van der Waals surface area contributed by atoms with Crippen LogP contribution < -0.4 is 15.5 Å². The highest BCUT2D eigenvalue weighted by molar-refractivity contribution is 6.40. The van der Waals surface area contributed by atoms with Crippen molar-refractivity contribution in [1.82, 2.24) is 10.6 Å². The van der Waals surface area contributed by atoms with Crippen LogP contribution in [-0.2, 0) is 6.54 Å². The van der Waals surface area contributed by atoms with E-state index in [0.29, 0.717) is 27.3 Å². The maximum absolute atomic E-state index is 13.1. The van der Waals surface area contributed by atoms with E-state index < -0.39 is 0 Å². The first-order valence-electron chi connectivity index (χ1n) is 10.9. The van der Waals surface area contributed by atoms with Gasteiger partial charge in [0.15, 0.2) is 0 Å². The largest absolute Gasteiger partial charge is 0.333 e. The molecule has 0 unspecified atom stereocenters. The van der Waals surface area contributed by atoms with E-state index in [1.165, 1.54) is 5.57 Å². The van der Waals surface area contributed by atoms with E-state index in [1.54, 1.807) is 23.1 Å². The molecule has 0 saturated carbocycles. The molecule has 0 atom stereocenters. The minimum Gasteiger partial charge on any atom is -0.333 e. The average molecular weight is 499 g/mol. The molecule has 4 nitrogen and oxygen atoms in total. The number of anilines is 2. The Labute approximate surface area is 208 Å². The molecule has 2 aliphatic heterocycles. The smallest absolute Gasteiger partial charge is 0.326 e. The number of fused-ring (bicyclic) bond motifs is 1. The van der Waals surface area contributed by atoms with Gasteiger partial charge in [-0.2, -0.15) is 0 Å². The molecule has 0 aliphatic carbocycles. The molecular formula is C26H22Cl3N3O. The number of carbonyl (C=O) groups is 1. The minimum absolute atomic E-state index is 0.272. The van der Waals surface area contributed by atoms with E-state index >= 15 is 0 Å². The fourth-order valence-electron chi connectivity index (χ4n) is 4.48. The Morgan fingerprint density at radius 1 is 0.879 bits per heavy atom. The number of urea groups is 1. The molecule has 3 aromatic carbocycles. The monoisotopic (exact) mass is 497 g/mol. The molecule has 0 bridgehead atoms. The first-order chi connectivity index (χ1) is 16.0. The highest BCUT2D eigenvalue weighted by Crippen LogP contribution is 2.45. The SMILES string of the molecule is O=C1NCc2c(-c3ccccc3Cl)cc(/C=C3\CCCNC3)cc2N1c1c(Cl)cccc1Cl. The predicted molar refractivity (Wildman–Crippen MR) is 138 cm³/mol. The van der Waals surface area contributed by atoms with Crippen molar-refractivity contribution < 1.29 is 4.79 Å². The summed E-state index contributed by atoms with van der Waals surface area (Å²) in [5.41, 5.74) is 6.40. The number of hydrogen-bond donors (Lipinski definition) is 2. The van der Waals surface area contributed by atoms with E-state index in [2.05, 4.69) is 22.8 Å². The summed E-state index contributed by atoms with van der Waals surface area (Å²) in [6.07, 6.45) is 4.36. The van der Waals surface area contributed by atoms with Gasteiger partial charge in [-0.25, -0.2) is 4.79 Å². The van der Waals surface area contributed by atoms with Gasteiger partial charge in [0.1, 0.15) is 0 Å². The first kappa shape index (κ1) is 22.3. The van der Waals surface area contributed by atoms with Crippen molar-refractivity contribution in [2.75, 3.05) is 18.0 Å². The lowest BCUT2D eigenvalue weighted by Gasteiger charge is -2.33. The Balaban J connectivity index is 1.76. The number of nitrogens with one attached hydrogen (secondary N) is 2. The molecule has 2 amide bonds. The number of carbonyl (C=O) groups excluding carboxylic acids is 1. The maximum atomic E-state index is 13.1. The molecular weight excluding hydrogens is 477 g/mol. The molecule has 2 aliphatic rings. The van der Waals surface area contributed by atoms with Gasteiger partial charge in [0.2, 0.25) is 0 Å². The van der Waals surface area contributed by atoms with Gasteiger partial charge in [0.25, 0.3) is 0 Å². The van der Waals surface area contributed by atoms with Crippen LogP contribution in [0.5, 0.6) is 0 Å². The average Bonchev–Trinajstić information content (AvgIpc) is 2.81. The normalized spacial score (nSPS) is 17.1. The van der Waals surface area contributed by atoms with Crippen LogP contribution in [-0.4, -0.2) is 19.1 Å². The van der Waals surface area contributed by atoms with Gasteiger partial charge >= 0.3 is 6.03 Å². The number of rotatable bonds is 3. The summed E-state index contributed by atoms with van der Waals surface area (Å²) in [4.78, 5) is 14.7. The molecule has 7 heteroatoms. The number of nitrogens with zero attached hydrogens (tertiary/aromatic N) is 1. The van der Waals surface area contributed by atoms with Gasteiger partial charge in [0.05, 0.1) is 21.4 Å². The molecule has 1 fully saturated rings. The van der Waals surface area contributed by atoms with Crippen molar-refractivity contribution in [1.29, 1.82) is 0 Å². The van der Waals surface area contributed by atoms with Gasteiger partial charge in [-0.05, 0) is 60.8 Å². The van der Waals surface area contributed by atoms with Gasteiger partial charge < -0.3 is 10.6 Å². The van der Waals surface area contributed by atoms with E-state index in [9.17, 15) is 4.79 Å². The molecule has 3 aromatic rings. The fraction of sp³-hybridized carbons (Fsp3) is 0.192. The fourth-order valence-corrected chi connectivity index (χ4v) is 5.28. The number of piperidine rings is 1. The van der Waals surface area contributed by atoms with Crippen LogP contribution in [0.1, 0.15) is 24.0 Å². The zero-order valence-corrected chi connectivity index (χ0v) is 20.1. The summed E-state index contributed by atoms with van der Waals surface area (Å²) in [7, 11) is 0. The molecule has 168 valence electrons. The summed E-state index contributed by atoms with van der Waals surface area (Å²) in [5, 5.41) is 7.87. The number of amides is 2. The zero-order chi connectivity index (χ0) is 22.9. The van der Waals surface area contributed by atoms with Crippen LogP contribution in [0.15, 0.2) is 60.2 Å². The van der Waals surface area contributed by atoms with Crippen LogP contribution in [0.2, 0.25) is 15.1 Å². The minimum atomic E-state index is -0.272. The number of benzene rings is 3. The van der Waals surface area contributed by atoms with Crippen LogP contribution in [0.4, 0.5) is 16.2 Å². The van der Waals surface area contributed by atoms with Crippen molar-refractivity contribution in [3.05, 3.63) is 86.4 Å². The van der Waals surface area contributed by atoms with Crippen molar-refractivity contribution >= 4 is 58.3 Å². The summed E-state index contributed by atoms with van der Waals surface area (Å²) in [6.45, 7) is 2.27. The molecule has 2 heterocycles. The van der Waals surface area contributed by atoms with Crippen LogP contribution >= 0.6 is 34.8 Å². The van der Waals surface area contributed by atoms with Crippen LogP contribution in [0.3, 0.4) is 0 Å². The van der Waals surface area contributed by atoms with Gasteiger partial charge in [-0.15, -0.1) is 0 Å². The topological polar surface area (TPSA) is 44.4 Å². The maximum Gasteiger partial charge on any atom is 0.326 e. The van der Waals surface area contributed by atoms with E-state index in [-0.39, 0.29) is 6.03 Å². The lowest BCUT2D eigenvalue weighted by atomic mass is 9.92. The van der Waals surface area contributed by atoms with Crippen molar-refractivity contribution in [3.63, 3.8) is 0 Å². The zero-order valence-electron chi connectivity index (χ0n) is 17.8. The molecule has 0 radical (unpaired) electrons. The number of para-hydroxylation sites is 1. The second-order valence-electron chi connectivity index (χ2n) is 8.19. The molecule has 2 N–H and O–H groups in total. The lowest BCUT2D eigenvalue weighted by molar-refractivity contribution is 0.247. The lowest BCUT2D eigenvalue weighted by Crippen LogP contribution is -2.41. The number of hydrogen-bond acceptors (Lipinski definition) is 2. The second-order valence-corrected chi connectivity index (χ2v) is 9.41. The van der Waals surface area contributed by atoms with Gasteiger partial charge in [0, 0.05) is 29.2 Å². The summed E-state index contributed by atoms with van der Waals surface area (Å²) in [5.74, 6) is 0. The summed E-state index contributed by atoms with van der Waals surface area (Å²) >= 11 is 19.7. The van der Waals surface area contributed by atoms with Gasteiger partial charge in [-0.1, -0.05) is 70.7 Å². The van der Waals surface area contributed by atoms with E-state index in [1.807, 2.05) is 30.3 Å². The summed E-state index contributed by atoms with van der Waals surface area (Å²) < 4.78 is 0. The van der Waals surface area contributed by atoms with E-state index in [0.717, 1.165) is 53.9 Å². The highest BCUT2D eigenvalue weighted by Gasteiger charge is 2.31. The Morgan fingerprint density at radius 2 is 1.64 bits per heavy atom. The standard InChI is InChI=1S/C26H22Cl3N3O/c27-21-7-2-1-6-18(21)19-12-17(11-16-5-4-10-30-14-16)13-24-20(19)15-31-26(33)32(24)25-22(28)8-3-9-23(25)29/h1-3,6-9,11-13,30H,4-5,10,14-15H2,(H,31,33)/b16-11+. The quantitative estimate of drug-likeness (QED) is 0.394. The van der Waals surface area contributed by atoms with E-state index in [4.69, 9.17) is 34.8 Å². The summed E-state index contributed by atoms with van der Waals surface area (Å²) in [6, 6.07) is 16.9. The first-order valence-corrected chi connectivity index (χ1v) is 12.0. The van der Waals surface area contributed by atoms with Crippen molar-refractivity contribution in [2.45, 2.75) is 19.4 Å². The highest BCUT2D eigenvalue weighted by atomic mass is 35.5. The Hall–Kier alpha value is -2.50. The molecule has 5 rings (SSSR count). The molecule has 0 aromatic heterocycles. The molecule has 0 spiro atoms. The van der Waals surface area contributed by atoms with Crippen molar-refractivity contribution in [3.8, 4) is 11.1 Å². The predicted octanol–water partition coefficient (Wildman–Crippen LogP) is 7.44. The van der Waals surface area contributed by atoms with Crippen LogP contribution in [0.25, 0.3) is 17.2 Å². The van der Waals surface area contributed by atoms with Crippen LogP contribution in [0, 0.1) is 0 Å². The third-order valence-electron chi connectivity index (χ3n) is 6.01. The third kappa shape index (κ3) is 4.36. The Kier molecular flexibility index (Phi) is 6.35. The Bertz CT molecular complexity index is 1240.